The maximum Gasteiger partial charge on any atom is 0.244 e. The molecular formula is C13H22ClN3O2S. The fourth-order valence-electron chi connectivity index (χ4n) is 1.59. The van der Waals surface area contributed by atoms with Gasteiger partial charge in [0.1, 0.15) is 10.7 Å². The van der Waals surface area contributed by atoms with Gasteiger partial charge in [-0.05, 0) is 30.9 Å². The molecule has 0 spiro atoms. The Morgan fingerprint density at radius 1 is 1.40 bits per heavy atom. The molecule has 0 aromatic carbocycles. The first kappa shape index (κ1) is 17.2. The van der Waals surface area contributed by atoms with Crippen molar-refractivity contribution in [3.05, 3.63) is 18.3 Å². The van der Waals surface area contributed by atoms with E-state index < -0.39 is 10.0 Å². The zero-order valence-corrected chi connectivity index (χ0v) is 13.7. The molecule has 1 heterocycles. The largest absolute Gasteiger partial charge is 0.370 e. The molecule has 0 aliphatic heterocycles. The minimum Gasteiger partial charge on any atom is -0.370 e. The zero-order valence-electron chi connectivity index (χ0n) is 12.1. The summed E-state index contributed by atoms with van der Waals surface area (Å²) in [4.78, 5) is 4.32. The first-order valence-corrected chi connectivity index (χ1v) is 8.53. The molecule has 1 aromatic heterocycles. The zero-order chi connectivity index (χ0) is 15.2. The van der Waals surface area contributed by atoms with Crippen LogP contribution in [0.2, 0.25) is 0 Å². The van der Waals surface area contributed by atoms with Crippen LogP contribution in [-0.4, -0.2) is 44.2 Å². The van der Waals surface area contributed by atoms with Gasteiger partial charge in [0.2, 0.25) is 10.0 Å². The molecule has 5 nitrogen and oxygen atoms in total. The van der Waals surface area contributed by atoms with Crippen LogP contribution in [0, 0.1) is 5.92 Å². The smallest absolute Gasteiger partial charge is 0.244 e. The number of sulfonamides is 1. The Morgan fingerprint density at radius 3 is 2.60 bits per heavy atom. The molecule has 0 saturated carbocycles. The van der Waals surface area contributed by atoms with Gasteiger partial charge < -0.3 is 5.32 Å². The highest BCUT2D eigenvalue weighted by Gasteiger charge is 2.17. The summed E-state index contributed by atoms with van der Waals surface area (Å²) < 4.78 is 24.9. The highest BCUT2D eigenvalue weighted by Crippen LogP contribution is 2.14. The molecule has 0 amide bonds. The van der Waals surface area contributed by atoms with E-state index in [4.69, 9.17) is 11.6 Å². The van der Waals surface area contributed by atoms with Crippen LogP contribution < -0.4 is 5.32 Å². The van der Waals surface area contributed by atoms with Crippen molar-refractivity contribution < 1.29 is 8.42 Å². The summed E-state index contributed by atoms with van der Waals surface area (Å²) in [6, 6.07) is 3.24. The molecule has 0 aliphatic rings. The Labute approximate surface area is 126 Å². The summed E-state index contributed by atoms with van der Waals surface area (Å²) >= 11 is 5.74. The Hall–Kier alpha value is -0.850. The first-order valence-electron chi connectivity index (χ1n) is 6.56. The Balaban J connectivity index is 2.52. The summed E-state index contributed by atoms with van der Waals surface area (Å²) in [7, 11) is -0.406. The van der Waals surface area contributed by atoms with Gasteiger partial charge in [0.15, 0.2) is 0 Å². The minimum atomic E-state index is -3.41. The average molecular weight is 320 g/mol. The van der Waals surface area contributed by atoms with Crippen molar-refractivity contribution in [2.75, 3.05) is 31.8 Å². The Bertz CT molecular complexity index is 503. The molecule has 114 valence electrons. The van der Waals surface area contributed by atoms with Gasteiger partial charge in [0.25, 0.3) is 0 Å². The summed E-state index contributed by atoms with van der Waals surface area (Å²) in [6.45, 7) is 2.92. The van der Waals surface area contributed by atoms with Crippen molar-refractivity contribution >= 4 is 27.4 Å². The maximum absolute atomic E-state index is 11.9. The molecule has 0 radical (unpaired) electrons. The number of pyridine rings is 1. The second-order valence-corrected chi connectivity index (χ2v) is 7.46. The maximum atomic E-state index is 11.9. The van der Waals surface area contributed by atoms with E-state index in [0.29, 0.717) is 17.6 Å². The predicted octanol–water partition coefficient (Wildman–Crippen LogP) is 2.40. The molecule has 1 rings (SSSR count). The van der Waals surface area contributed by atoms with Gasteiger partial charge >= 0.3 is 0 Å². The standard InChI is InChI=1S/C13H22ClN3O2S/c1-11(9-14)5-4-8-15-13-7-6-12(10-16-13)20(18,19)17(2)3/h6-7,10-11H,4-5,8-9H2,1-3H3,(H,15,16). The SMILES string of the molecule is CC(CCl)CCCNc1ccc(S(=O)(=O)N(C)C)cn1. The van der Waals surface area contributed by atoms with Crippen molar-refractivity contribution in [2.45, 2.75) is 24.7 Å². The molecule has 1 N–H and O–H groups in total. The van der Waals surface area contributed by atoms with Gasteiger partial charge in [-0.1, -0.05) is 6.92 Å². The number of nitrogens with zero attached hydrogens (tertiary/aromatic N) is 2. The van der Waals surface area contributed by atoms with Crippen LogP contribution >= 0.6 is 11.6 Å². The Kier molecular flexibility index (Phi) is 6.71. The van der Waals surface area contributed by atoms with Crippen LogP contribution in [0.4, 0.5) is 5.82 Å². The molecule has 0 bridgehead atoms. The second kappa shape index (κ2) is 7.81. The molecule has 7 heteroatoms. The Morgan fingerprint density at radius 2 is 2.10 bits per heavy atom. The molecule has 20 heavy (non-hydrogen) atoms. The normalized spacial score (nSPS) is 13.4. The van der Waals surface area contributed by atoms with E-state index in [0.717, 1.165) is 19.4 Å². The predicted molar refractivity (Wildman–Crippen MR) is 82.7 cm³/mol. The molecule has 0 fully saturated rings. The summed E-state index contributed by atoms with van der Waals surface area (Å²) in [6.07, 6.45) is 3.44. The van der Waals surface area contributed by atoms with Gasteiger partial charge in [-0.15, -0.1) is 11.6 Å². The fraction of sp³-hybridized carbons (Fsp3) is 0.615. The van der Waals surface area contributed by atoms with E-state index in [1.54, 1.807) is 12.1 Å². The summed E-state index contributed by atoms with van der Waals surface area (Å²) in [5.74, 6) is 1.87. The fourth-order valence-corrected chi connectivity index (χ4v) is 2.59. The van der Waals surface area contributed by atoms with E-state index in [9.17, 15) is 8.42 Å². The van der Waals surface area contributed by atoms with Crippen molar-refractivity contribution in [2.24, 2.45) is 5.92 Å². The second-order valence-electron chi connectivity index (χ2n) is 5.00. The average Bonchev–Trinajstić information content (AvgIpc) is 2.43. The molecule has 1 atom stereocenters. The monoisotopic (exact) mass is 319 g/mol. The van der Waals surface area contributed by atoms with E-state index in [2.05, 4.69) is 17.2 Å². The number of aromatic nitrogens is 1. The van der Waals surface area contributed by atoms with Crippen LogP contribution in [0.5, 0.6) is 0 Å². The number of halogens is 1. The van der Waals surface area contributed by atoms with Gasteiger partial charge in [0.05, 0.1) is 0 Å². The molecular weight excluding hydrogens is 298 g/mol. The minimum absolute atomic E-state index is 0.198. The van der Waals surface area contributed by atoms with Crippen molar-refractivity contribution in [3.8, 4) is 0 Å². The third-order valence-corrected chi connectivity index (χ3v) is 5.28. The van der Waals surface area contributed by atoms with Crippen LogP contribution in [-0.2, 0) is 10.0 Å². The van der Waals surface area contributed by atoms with Crippen LogP contribution in [0.25, 0.3) is 0 Å². The number of hydrogen-bond donors (Lipinski definition) is 1. The van der Waals surface area contributed by atoms with E-state index in [1.807, 2.05) is 0 Å². The van der Waals surface area contributed by atoms with Gasteiger partial charge in [0, 0.05) is 32.7 Å². The van der Waals surface area contributed by atoms with Gasteiger partial charge in [-0.2, -0.15) is 0 Å². The third-order valence-electron chi connectivity index (χ3n) is 2.96. The lowest BCUT2D eigenvalue weighted by Gasteiger charge is -2.12. The van der Waals surface area contributed by atoms with Crippen molar-refractivity contribution in [1.29, 1.82) is 0 Å². The quantitative estimate of drug-likeness (QED) is 0.590. The first-order chi connectivity index (χ1) is 9.37. The molecule has 1 unspecified atom stereocenters. The lowest BCUT2D eigenvalue weighted by atomic mass is 10.1. The molecule has 0 saturated heterocycles. The third kappa shape index (κ3) is 4.92. The van der Waals surface area contributed by atoms with Crippen LogP contribution in [0.3, 0.4) is 0 Å². The number of nitrogens with one attached hydrogen (secondary N) is 1. The topological polar surface area (TPSA) is 62.3 Å². The lowest BCUT2D eigenvalue weighted by Crippen LogP contribution is -2.22. The number of rotatable bonds is 8. The van der Waals surface area contributed by atoms with E-state index in [-0.39, 0.29) is 4.90 Å². The van der Waals surface area contributed by atoms with Gasteiger partial charge in [-0.3, -0.25) is 0 Å². The number of alkyl halides is 1. The van der Waals surface area contributed by atoms with Crippen LogP contribution in [0.15, 0.2) is 23.2 Å². The van der Waals surface area contributed by atoms with Crippen LogP contribution in [0.1, 0.15) is 19.8 Å². The van der Waals surface area contributed by atoms with E-state index >= 15 is 0 Å². The van der Waals surface area contributed by atoms with Crippen molar-refractivity contribution in [3.63, 3.8) is 0 Å². The highest BCUT2D eigenvalue weighted by molar-refractivity contribution is 7.89. The highest BCUT2D eigenvalue weighted by atomic mass is 35.5. The van der Waals surface area contributed by atoms with E-state index in [1.165, 1.54) is 24.6 Å². The van der Waals surface area contributed by atoms with Gasteiger partial charge in [-0.25, -0.2) is 17.7 Å². The summed E-state index contributed by atoms with van der Waals surface area (Å²) in [5, 5.41) is 3.17. The lowest BCUT2D eigenvalue weighted by molar-refractivity contribution is 0.520. The molecule has 0 aliphatic carbocycles. The number of anilines is 1. The van der Waals surface area contributed by atoms with Crippen molar-refractivity contribution in [1.82, 2.24) is 9.29 Å². The summed E-state index contributed by atoms with van der Waals surface area (Å²) in [5.41, 5.74) is 0. The number of hydrogen-bond acceptors (Lipinski definition) is 4. The molecule has 1 aromatic rings.